The van der Waals surface area contributed by atoms with Crippen molar-refractivity contribution >= 4 is 12.4 Å². The van der Waals surface area contributed by atoms with Gasteiger partial charge in [-0.3, -0.25) is 9.98 Å². The molecular weight excluding hydrogens is 112 g/mol. The van der Waals surface area contributed by atoms with Gasteiger partial charge in [0.1, 0.15) is 6.04 Å². The van der Waals surface area contributed by atoms with Crippen LogP contribution in [0, 0.1) is 0 Å². The maximum absolute atomic E-state index is 4.14. The van der Waals surface area contributed by atoms with Crippen LogP contribution in [0.4, 0.5) is 0 Å². The van der Waals surface area contributed by atoms with Gasteiger partial charge in [-0.05, 0) is 12.2 Å². The van der Waals surface area contributed by atoms with E-state index in [0.29, 0.717) is 0 Å². The second-order valence-electron chi connectivity index (χ2n) is 2.00. The molecule has 1 atom stereocenters. The summed E-state index contributed by atoms with van der Waals surface area (Å²) >= 11 is 0. The molecule has 2 aliphatic rings. The van der Waals surface area contributed by atoms with Crippen molar-refractivity contribution < 1.29 is 0 Å². The molecular formula is C7H6N2. The first-order valence-corrected chi connectivity index (χ1v) is 2.91. The number of aliphatic imine (C=N–C) groups is 2. The minimum atomic E-state index is 0.218. The molecule has 1 unspecified atom stereocenters. The van der Waals surface area contributed by atoms with Gasteiger partial charge in [0.25, 0.3) is 0 Å². The zero-order chi connectivity index (χ0) is 6.10. The molecule has 2 heteroatoms. The van der Waals surface area contributed by atoms with E-state index in [1.165, 1.54) is 0 Å². The summed E-state index contributed by atoms with van der Waals surface area (Å²) in [5.74, 6) is 0. The third-order valence-electron chi connectivity index (χ3n) is 1.40. The third kappa shape index (κ3) is 0.633. The largest absolute Gasteiger partial charge is 0.279 e. The summed E-state index contributed by atoms with van der Waals surface area (Å²) in [6, 6.07) is 0.218. The van der Waals surface area contributed by atoms with Gasteiger partial charge in [0, 0.05) is 12.4 Å². The van der Waals surface area contributed by atoms with E-state index in [-0.39, 0.29) is 6.04 Å². The molecule has 0 radical (unpaired) electrons. The second-order valence-corrected chi connectivity index (χ2v) is 2.00. The Morgan fingerprint density at radius 3 is 3.22 bits per heavy atom. The minimum absolute atomic E-state index is 0.218. The van der Waals surface area contributed by atoms with Crippen molar-refractivity contribution in [2.45, 2.75) is 6.04 Å². The molecule has 2 rings (SSSR count). The Bertz CT molecular complexity index is 233. The molecule has 9 heavy (non-hydrogen) atoms. The van der Waals surface area contributed by atoms with Crippen molar-refractivity contribution in [2.75, 3.05) is 0 Å². The highest BCUT2D eigenvalue weighted by Crippen LogP contribution is 2.15. The Hall–Kier alpha value is -1.18. The lowest BCUT2D eigenvalue weighted by atomic mass is 10.2. The van der Waals surface area contributed by atoms with E-state index in [2.05, 4.69) is 9.98 Å². The van der Waals surface area contributed by atoms with Crippen molar-refractivity contribution in [3.05, 3.63) is 23.9 Å². The van der Waals surface area contributed by atoms with Crippen LogP contribution in [0.1, 0.15) is 0 Å². The Balaban J connectivity index is 2.40. The highest BCUT2D eigenvalue weighted by atomic mass is 14.9. The molecule has 0 bridgehead atoms. The van der Waals surface area contributed by atoms with Crippen LogP contribution in [-0.4, -0.2) is 18.5 Å². The van der Waals surface area contributed by atoms with Crippen molar-refractivity contribution in [3.63, 3.8) is 0 Å². The van der Waals surface area contributed by atoms with Crippen LogP contribution in [0.2, 0.25) is 0 Å². The van der Waals surface area contributed by atoms with Crippen molar-refractivity contribution in [2.24, 2.45) is 9.98 Å². The van der Waals surface area contributed by atoms with Crippen LogP contribution in [0.25, 0.3) is 0 Å². The maximum atomic E-state index is 4.14. The number of nitrogens with zero attached hydrogens (tertiary/aromatic N) is 2. The van der Waals surface area contributed by atoms with Crippen molar-refractivity contribution in [1.82, 2.24) is 0 Å². The monoisotopic (exact) mass is 118 g/mol. The number of hydrogen-bond donors (Lipinski definition) is 0. The summed E-state index contributed by atoms with van der Waals surface area (Å²) in [5, 5.41) is 0. The zero-order valence-corrected chi connectivity index (χ0v) is 4.86. The van der Waals surface area contributed by atoms with E-state index in [0.717, 1.165) is 5.70 Å². The first-order chi connectivity index (χ1) is 4.47. The summed E-state index contributed by atoms with van der Waals surface area (Å²) in [6.45, 7) is 0. The highest BCUT2D eigenvalue weighted by Gasteiger charge is 2.12. The molecule has 0 aromatic carbocycles. The fourth-order valence-corrected chi connectivity index (χ4v) is 0.939. The van der Waals surface area contributed by atoms with Gasteiger partial charge in [-0.2, -0.15) is 0 Å². The first-order valence-electron chi connectivity index (χ1n) is 2.91. The quantitative estimate of drug-likeness (QED) is 0.452. The van der Waals surface area contributed by atoms with Gasteiger partial charge >= 0.3 is 0 Å². The number of dihydropyridines is 1. The summed E-state index contributed by atoms with van der Waals surface area (Å²) in [7, 11) is 0. The van der Waals surface area contributed by atoms with Crippen molar-refractivity contribution in [3.8, 4) is 0 Å². The Morgan fingerprint density at radius 2 is 2.33 bits per heavy atom. The summed E-state index contributed by atoms with van der Waals surface area (Å²) in [4.78, 5) is 8.26. The van der Waals surface area contributed by atoms with Gasteiger partial charge < -0.3 is 0 Å². The molecule has 2 aliphatic heterocycles. The van der Waals surface area contributed by atoms with Gasteiger partial charge in [-0.1, -0.05) is 6.08 Å². The molecule has 0 N–H and O–H groups in total. The molecule has 2 nitrogen and oxygen atoms in total. The number of allylic oxidation sites excluding steroid dienone is 2. The number of rotatable bonds is 0. The number of hydrogen-bond acceptors (Lipinski definition) is 2. The smallest absolute Gasteiger partial charge is 0.110 e. The Labute approximate surface area is 53.3 Å². The van der Waals surface area contributed by atoms with E-state index in [4.69, 9.17) is 0 Å². The minimum Gasteiger partial charge on any atom is -0.279 e. The molecule has 0 aromatic rings. The fourth-order valence-electron chi connectivity index (χ4n) is 0.939. The summed E-state index contributed by atoms with van der Waals surface area (Å²) in [5.41, 5.74) is 1.05. The first kappa shape index (κ1) is 4.68. The average molecular weight is 118 g/mol. The lowest BCUT2D eigenvalue weighted by Gasteiger charge is -2.04. The zero-order valence-electron chi connectivity index (χ0n) is 4.86. The summed E-state index contributed by atoms with van der Waals surface area (Å²) < 4.78 is 0. The van der Waals surface area contributed by atoms with Gasteiger partial charge in [-0.15, -0.1) is 0 Å². The standard InChI is InChI=1S/C7H6N2/c1-2-6-7(8-4-1)3-5-9-6/h1-6H. The maximum Gasteiger partial charge on any atom is 0.110 e. The third-order valence-corrected chi connectivity index (χ3v) is 1.40. The average Bonchev–Trinajstić information content (AvgIpc) is 2.33. The van der Waals surface area contributed by atoms with E-state index >= 15 is 0 Å². The molecule has 0 amide bonds. The predicted octanol–water partition coefficient (Wildman–Crippen LogP) is 0.964. The molecule has 2 heterocycles. The van der Waals surface area contributed by atoms with Gasteiger partial charge in [0.2, 0.25) is 0 Å². The normalized spacial score (nSPS) is 28.4. The van der Waals surface area contributed by atoms with E-state index in [9.17, 15) is 0 Å². The topological polar surface area (TPSA) is 24.7 Å². The predicted molar refractivity (Wildman–Crippen MR) is 38.0 cm³/mol. The number of fused-ring (bicyclic) bond motifs is 1. The molecule has 0 fully saturated rings. The Kier molecular flexibility index (Phi) is 0.859. The van der Waals surface area contributed by atoms with Crippen LogP contribution in [0.5, 0.6) is 0 Å². The Morgan fingerprint density at radius 1 is 1.33 bits per heavy atom. The highest BCUT2D eigenvalue weighted by molar-refractivity contribution is 5.81. The van der Waals surface area contributed by atoms with E-state index in [1.807, 2.05) is 18.2 Å². The molecule has 44 valence electrons. The van der Waals surface area contributed by atoms with Crippen LogP contribution in [0.15, 0.2) is 33.9 Å². The lowest BCUT2D eigenvalue weighted by Crippen LogP contribution is -2.01. The van der Waals surface area contributed by atoms with Gasteiger partial charge in [0.05, 0.1) is 5.70 Å². The van der Waals surface area contributed by atoms with Crippen molar-refractivity contribution in [1.29, 1.82) is 0 Å². The van der Waals surface area contributed by atoms with Gasteiger partial charge in [-0.25, -0.2) is 0 Å². The van der Waals surface area contributed by atoms with Crippen LogP contribution >= 0.6 is 0 Å². The molecule has 0 aliphatic carbocycles. The van der Waals surface area contributed by atoms with Crippen LogP contribution in [-0.2, 0) is 0 Å². The molecule has 0 spiro atoms. The SMILES string of the molecule is C1=CC2N=CC=C2N=C1. The van der Waals surface area contributed by atoms with E-state index < -0.39 is 0 Å². The fraction of sp³-hybridized carbons (Fsp3) is 0.143. The second kappa shape index (κ2) is 1.65. The molecule has 0 saturated carbocycles. The van der Waals surface area contributed by atoms with Crippen LogP contribution < -0.4 is 0 Å². The van der Waals surface area contributed by atoms with Gasteiger partial charge in [0.15, 0.2) is 0 Å². The summed E-state index contributed by atoms with van der Waals surface area (Å²) in [6.07, 6.45) is 9.47. The van der Waals surface area contributed by atoms with E-state index in [1.54, 1.807) is 12.4 Å². The molecule has 0 saturated heterocycles. The molecule has 0 aromatic heterocycles. The lowest BCUT2D eigenvalue weighted by molar-refractivity contribution is 0.956. The van der Waals surface area contributed by atoms with Crippen LogP contribution in [0.3, 0.4) is 0 Å².